The van der Waals surface area contributed by atoms with E-state index in [0.29, 0.717) is 0 Å². The summed E-state index contributed by atoms with van der Waals surface area (Å²) in [4.78, 5) is 11.7. The van der Waals surface area contributed by atoms with Gasteiger partial charge < -0.3 is 9.88 Å². The van der Waals surface area contributed by atoms with Gasteiger partial charge in [0.15, 0.2) is 17.5 Å². The third-order valence-electron chi connectivity index (χ3n) is 2.76. The Morgan fingerprint density at radius 3 is 2.58 bits per heavy atom. The summed E-state index contributed by atoms with van der Waals surface area (Å²) in [6, 6.07) is 5.20. The highest BCUT2D eigenvalue weighted by Gasteiger charge is 2.18. The van der Waals surface area contributed by atoms with Gasteiger partial charge in [-0.05, 0) is 24.3 Å². The number of halogens is 3. The number of aryl methyl sites for hydroxylation is 1. The SMILES string of the molecule is Cn1cccc1CNC(=O)c1ccc(F)c(F)c1F. The summed E-state index contributed by atoms with van der Waals surface area (Å²) in [5.41, 5.74) is 0.282. The maximum atomic E-state index is 13.4. The van der Waals surface area contributed by atoms with E-state index in [1.165, 1.54) is 0 Å². The monoisotopic (exact) mass is 268 g/mol. The number of nitrogens with one attached hydrogen (secondary N) is 1. The lowest BCUT2D eigenvalue weighted by atomic mass is 10.2. The molecule has 6 heteroatoms. The van der Waals surface area contributed by atoms with Gasteiger partial charge in [0.1, 0.15) is 0 Å². The minimum atomic E-state index is -1.65. The largest absolute Gasteiger partial charge is 0.353 e. The predicted octanol–water partition coefficient (Wildman–Crippen LogP) is 2.37. The maximum Gasteiger partial charge on any atom is 0.254 e. The molecule has 0 saturated carbocycles. The van der Waals surface area contributed by atoms with E-state index in [0.717, 1.165) is 17.8 Å². The zero-order valence-corrected chi connectivity index (χ0v) is 10.1. The number of hydrogen-bond donors (Lipinski definition) is 1. The van der Waals surface area contributed by atoms with Gasteiger partial charge in [-0.3, -0.25) is 4.79 Å². The lowest BCUT2D eigenvalue weighted by Gasteiger charge is -2.07. The molecule has 100 valence electrons. The van der Waals surface area contributed by atoms with E-state index in [4.69, 9.17) is 0 Å². The third kappa shape index (κ3) is 2.62. The molecule has 0 bridgehead atoms. The van der Waals surface area contributed by atoms with Gasteiger partial charge in [0.25, 0.3) is 5.91 Å². The third-order valence-corrected chi connectivity index (χ3v) is 2.76. The van der Waals surface area contributed by atoms with E-state index < -0.39 is 28.9 Å². The van der Waals surface area contributed by atoms with E-state index in [1.54, 1.807) is 29.9 Å². The molecule has 1 N–H and O–H groups in total. The van der Waals surface area contributed by atoms with Crippen LogP contribution in [0.1, 0.15) is 16.1 Å². The molecule has 2 rings (SSSR count). The van der Waals surface area contributed by atoms with E-state index in [1.807, 2.05) is 0 Å². The molecule has 0 unspecified atom stereocenters. The van der Waals surface area contributed by atoms with Crippen LogP contribution in [0.4, 0.5) is 13.2 Å². The molecule has 0 radical (unpaired) electrons. The molecule has 3 nitrogen and oxygen atoms in total. The summed E-state index contributed by atoms with van der Waals surface area (Å²) in [6.45, 7) is 0.167. The fourth-order valence-electron chi connectivity index (χ4n) is 1.65. The highest BCUT2D eigenvalue weighted by molar-refractivity contribution is 5.94. The predicted molar refractivity (Wildman–Crippen MR) is 62.9 cm³/mol. The Hall–Kier alpha value is -2.24. The van der Waals surface area contributed by atoms with Crippen LogP contribution in [0.5, 0.6) is 0 Å². The zero-order chi connectivity index (χ0) is 14.0. The molecule has 0 aliphatic carbocycles. The Morgan fingerprint density at radius 1 is 1.21 bits per heavy atom. The second kappa shape index (κ2) is 5.17. The van der Waals surface area contributed by atoms with E-state index in [2.05, 4.69) is 5.32 Å². The number of nitrogens with zero attached hydrogens (tertiary/aromatic N) is 1. The van der Waals surface area contributed by atoms with Crippen molar-refractivity contribution >= 4 is 5.91 Å². The van der Waals surface area contributed by atoms with Crippen LogP contribution >= 0.6 is 0 Å². The van der Waals surface area contributed by atoms with Gasteiger partial charge in [-0.25, -0.2) is 13.2 Å². The first-order chi connectivity index (χ1) is 9.00. The molecule has 1 aromatic carbocycles. The first-order valence-corrected chi connectivity index (χ1v) is 5.52. The molecule has 0 aliphatic rings. The Labute approximate surface area is 107 Å². The molecule has 0 spiro atoms. The van der Waals surface area contributed by atoms with Crippen LogP contribution in [0.15, 0.2) is 30.5 Å². The Balaban J connectivity index is 2.13. The fraction of sp³-hybridized carbons (Fsp3) is 0.154. The smallest absolute Gasteiger partial charge is 0.254 e. The molecule has 1 amide bonds. The number of carbonyl (C=O) groups is 1. The van der Waals surface area contributed by atoms with Gasteiger partial charge in [0.05, 0.1) is 12.1 Å². The van der Waals surface area contributed by atoms with Gasteiger partial charge in [-0.2, -0.15) is 0 Å². The first kappa shape index (κ1) is 13.2. The average Bonchev–Trinajstić information content (AvgIpc) is 2.79. The minimum Gasteiger partial charge on any atom is -0.353 e. The van der Waals surface area contributed by atoms with Crippen molar-refractivity contribution in [3.63, 3.8) is 0 Å². The molecular formula is C13H11F3N2O. The number of rotatable bonds is 3. The van der Waals surface area contributed by atoms with Crippen molar-refractivity contribution in [3.05, 3.63) is 59.2 Å². The topological polar surface area (TPSA) is 34.0 Å². The molecular weight excluding hydrogens is 257 g/mol. The van der Waals surface area contributed by atoms with Crippen molar-refractivity contribution in [1.29, 1.82) is 0 Å². The molecule has 0 aliphatic heterocycles. The van der Waals surface area contributed by atoms with E-state index in [9.17, 15) is 18.0 Å². The second-order valence-corrected chi connectivity index (χ2v) is 4.02. The van der Waals surface area contributed by atoms with Crippen molar-refractivity contribution in [2.24, 2.45) is 7.05 Å². The van der Waals surface area contributed by atoms with Crippen molar-refractivity contribution in [2.75, 3.05) is 0 Å². The summed E-state index contributed by atoms with van der Waals surface area (Å²) >= 11 is 0. The molecule has 1 heterocycles. The Kier molecular flexibility index (Phi) is 3.59. The van der Waals surface area contributed by atoms with Crippen LogP contribution in [-0.2, 0) is 13.6 Å². The standard InChI is InChI=1S/C13H11F3N2O/c1-18-6-2-3-8(18)7-17-13(19)9-4-5-10(14)12(16)11(9)15/h2-6H,7H2,1H3,(H,17,19). The summed E-state index contributed by atoms with van der Waals surface area (Å²) in [7, 11) is 1.79. The van der Waals surface area contributed by atoms with E-state index >= 15 is 0 Å². The van der Waals surface area contributed by atoms with Crippen LogP contribution in [-0.4, -0.2) is 10.5 Å². The van der Waals surface area contributed by atoms with Crippen LogP contribution in [0.3, 0.4) is 0 Å². The van der Waals surface area contributed by atoms with Gasteiger partial charge in [-0.1, -0.05) is 0 Å². The van der Waals surface area contributed by atoms with Gasteiger partial charge >= 0.3 is 0 Å². The Morgan fingerprint density at radius 2 is 1.95 bits per heavy atom. The molecule has 1 aromatic heterocycles. The number of benzene rings is 1. The summed E-state index contributed by atoms with van der Waals surface area (Å²) in [5, 5.41) is 2.44. The average molecular weight is 268 g/mol. The number of hydrogen-bond acceptors (Lipinski definition) is 1. The van der Waals surface area contributed by atoms with Crippen LogP contribution in [0, 0.1) is 17.5 Å². The molecule has 0 fully saturated rings. The lowest BCUT2D eigenvalue weighted by molar-refractivity contribution is 0.0945. The van der Waals surface area contributed by atoms with Gasteiger partial charge in [0.2, 0.25) is 0 Å². The highest BCUT2D eigenvalue weighted by atomic mass is 19.2. The van der Waals surface area contributed by atoms with Crippen LogP contribution in [0.25, 0.3) is 0 Å². The highest BCUT2D eigenvalue weighted by Crippen LogP contribution is 2.15. The van der Waals surface area contributed by atoms with E-state index in [-0.39, 0.29) is 6.54 Å². The molecule has 0 saturated heterocycles. The van der Waals surface area contributed by atoms with Gasteiger partial charge in [-0.15, -0.1) is 0 Å². The quantitative estimate of drug-likeness (QED) is 0.852. The summed E-state index contributed by atoms with van der Waals surface area (Å²) < 4.78 is 40.9. The van der Waals surface area contributed by atoms with Crippen molar-refractivity contribution in [2.45, 2.75) is 6.54 Å². The van der Waals surface area contributed by atoms with Crippen molar-refractivity contribution in [3.8, 4) is 0 Å². The number of carbonyl (C=O) groups excluding carboxylic acids is 1. The van der Waals surface area contributed by atoms with Gasteiger partial charge in [0, 0.05) is 18.9 Å². The minimum absolute atomic E-state index is 0.167. The zero-order valence-electron chi connectivity index (χ0n) is 10.1. The molecule has 19 heavy (non-hydrogen) atoms. The molecule has 0 atom stereocenters. The molecule has 2 aromatic rings. The summed E-state index contributed by atoms with van der Waals surface area (Å²) in [5.74, 6) is -5.25. The van der Waals surface area contributed by atoms with Crippen LogP contribution < -0.4 is 5.32 Å². The first-order valence-electron chi connectivity index (χ1n) is 5.52. The Bertz CT molecular complexity index is 622. The normalized spacial score (nSPS) is 10.5. The number of amides is 1. The summed E-state index contributed by atoms with van der Waals surface area (Å²) in [6.07, 6.45) is 1.79. The van der Waals surface area contributed by atoms with Crippen molar-refractivity contribution in [1.82, 2.24) is 9.88 Å². The number of aromatic nitrogens is 1. The van der Waals surface area contributed by atoms with Crippen molar-refractivity contribution < 1.29 is 18.0 Å². The fourth-order valence-corrected chi connectivity index (χ4v) is 1.65. The van der Waals surface area contributed by atoms with Crippen LogP contribution in [0.2, 0.25) is 0 Å². The maximum absolute atomic E-state index is 13.4. The lowest BCUT2D eigenvalue weighted by Crippen LogP contribution is -2.25. The second-order valence-electron chi connectivity index (χ2n) is 4.02.